The number of nitrogens with zero attached hydrogens (tertiary/aromatic N) is 2. The Morgan fingerprint density at radius 2 is 1.55 bits per heavy atom. The van der Waals surface area contributed by atoms with E-state index in [1.54, 1.807) is 12.4 Å². The second-order valence-corrected chi connectivity index (χ2v) is 7.20. The molecule has 3 aromatic rings. The van der Waals surface area contributed by atoms with Gasteiger partial charge in [-0.1, -0.05) is 31.4 Å². The van der Waals surface area contributed by atoms with E-state index in [1.165, 1.54) is 43.5 Å². The van der Waals surface area contributed by atoms with Crippen LogP contribution in [-0.2, 0) is 0 Å². The van der Waals surface area contributed by atoms with Crippen LogP contribution in [0.2, 0.25) is 0 Å². The lowest BCUT2D eigenvalue weighted by molar-refractivity contribution is 0.0927. The van der Waals surface area contributed by atoms with E-state index in [1.807, 2.05) is 24.3 Å². The zero-order valence-corrected chi connectivity index (χ0v) is 16.0. The summed E-state index contributed by atoms with van der Waals surface area (Å²) < 4.78 is 18.5. The van der Waals surface area contributed by atoms with Crippen LogP contribution >= 0.6 is 0 Å². The average molecular weight is 391 g/mol. The summed E-state index contributed by atoms with van der Waals surface area (Å²) in [5, 5.41) is 3.12. The molecule has 0 aliphatic heterocycles. The molecule has 4 rings (SSSR count). The number of rotatable bonds is 5. The highest BCUT2D eigenvalue weighted by molar-refractivity contribution is 5.94. The molecule has 1 aromatic heterocycles. The molecule has 29 heavy (non-hydrogen) atoms. The standard InChI is InChI=1S/C23H22FN3O2/c24-19-10-12-21(13-11-19)29-23-25-14-18(15-26-23)16-6-8-17(9-7-16)22(28)27-20-4-2-1-3-5-20/h6-15,20H,1-5H2,(H,27,28). The van der Waals surface area contributed by atoms with Crippen LogP contribution < -0.4 is 10.1 Å². The van der Waals surface area contributed by atoms with Gasteiger partial charge < -0.3 is 10.1 Å². The number of carbonyl (C=O) groups excluding carboxylic acids is 1. The highest BCUT2D eigenvalue weighted by Crippen LogP contribution is 2.22. The van der Waals surface area contributed by atoms with Gasteiger partial charge in [-0.2, -0.15) is 0 Å². The first-order valence-electron chi connectivity index (χ1n) is 9.84. The summed E-state index contributed by atoms with van der Waals surface area (Å²) in [6.45, 7) is 0. The lowest BCUT2D eigenvalue weighted by Gasteiger charge is -2.22. The summed E-state index contributed by atoms with van der Waals surface area (Å²) in [5.74, 6) is 0.111. The molecule has 1 saturated carbocycles. The van der Waals surface area contributed by atoms with Crippen LogP contribution in [0.25, 0.3) is 11.1 Å². The molecule has 0 unspecified atom stereocenters. The third kappa shape index (κ3) is 4.96. The third-order valence-electron chi connectivity index (χ3n) is 5.07. The van der Waals surface area contributed by atoms with Crippen LogP contribution in [0, 0.1) is 5.82 Å². The van der Waals surface area contributed by atoms with Crippen molar-refractivity contribution in [3.8, 4) is 22.9 Å². The average Bonchev–Trinajstić information content (AvgIpc) is 2.77. The van der Waals surface area contributed by atoms with Gasteiger partial charge in [0.2, 0.25) is 0 Å². The van der Waals surface area contributed by atoms with E-state index in [4.69, 9.17) is 4.74 Å². The minimum Gasteiger partial charge on any atom is -0.424 e. The number of benzene rings is 2. The zero-order valence-electron chi connectivity index (χ0n) is 16.0. The van der Waals surface area contributed by atoms with Crippen molar-refractivity contribution < 1.29 is 13.9 Å². The first kappa shape index (κ1) is 19.1. The molecule has 0 atom stereocenters. The van der Waals surface area contributed by atoms with E-state index in [0.717, 1.165) is 24.0 Å². The number of hydrogen-bond acceptors (Lipinski definition) is 4. The van der Waals surface area contributed by atoms with Crippen LogP contribution in [0.15, 0.2) is 60.9 Å². The Labute approximate surface area is 169 Å². The molecule has 1 heterocycles. The number of halogens is 1. The molecule has 1 aliphatic carbocycles. The summed E-state index contributed by atoms with van der Waals surface area (Å²) in [6, 6.07) is 13.5. The molecule has 1 aliphatic rings. The van der Waals surface area contributed by atoms with Gasteiger partial charge in [-0.05, 0) is 54.8 Å². The van der Waals surface area contributed by atoms with Gasteiger partial charge in [0, 0.05) is 29.6 Å². The summed E-state index contributed by atoms with van der Waals surface area (Å²) in [7, 11) is 0. The van der Waals surface area contributed by atoms with Crippen LogP contribution in [-0.4, -0.2) is 21.9 Å². The largest absolute Gasteiger partial charge is 0.424 e. The minimum absolute atomic E-state index is 0.0252. The van der Waals surface area contributed by atoms with E-state index in [9.17, 15) is 9.18 Å². The minimum atomic E-state index is -0.329. The summed E-state index contributed by atoms with van der Waals surface area (Å²) >= 11 is 0. The molecule has 0 bridgehead atoms. The van der Waals surface area contributed by atoms with E-state index in [0.29, 0.717) is 11.3 Å². The maximum atomic E-state index is 12.9. The molecule has 148 valence electrons. The molecule has 0 spiro atoms. The van der Waals surface area contributed by atoms with Gasteiger partial charge in [0.25, 0.3) is 5.91 Å². The fourth-order valence-corrected chi connectivity index (χ4v) is 3.46. The van der Waals surface area contributed by atoms with Crippen LogP contribution in [0.4, 0.5) is 4.39 Å². The summed E-state index contributed by atoms with van der Waals surface area (Å²) in [6.07, 6.45) is 9.07. The highest BCUT2D eigenvalue weighted by atomic mass is 19.1. The van der Waals surface area contributed by atoms with Crippen molar-refractivity contribution in [3.63, 3.8) is 0 Å². The molecule has 2 aromatic carbocycles. The molecule has 0 radical (unpaired) electrons. The van der Waals surface area contributed by atoms with Crippen molar-refractivity contribution in [1.29, 1.82) is 0 Å². The molecule has 5 nitrogen and oxygen atoms in total. The predicted molar refractivity (Wildman–Crippen MR) is 108 cm³/mol. The van der Waals surface area contributed by atoms with Gasteiger partial charge in [0.1, 0.15) is 11.6 Å². The van der Waals surface area contributed by atoms with E-state index >= 15 is 0 Å². The number of ether oxygens (including phenoxy) is 1. The second-order valence-electron chi connectivity index (χ2n) is 7.20. The first-order chi connectivity index (χ1) is 14.2. The predicted octanol–water partition coefficient (Wildman–Crippen LogP) is 5.14. The monoisotopic (exact) mass is 391 g/mol. The fraction of sp³-hybridized carbons (Fsp3) is 0.261. The van der Waals surface area contributed by atoms with Gasteiger partial charge in [0.15, 0.2) is 0 Å². The van der Waals surface area contributed by atoms with Crippen molar-refractivity contribution in [3.05, 3.63) is 72.3 Å². The Morgan fingerprint density at radius 3 is 2.21 bits per heavy atom. The topological polar surface area (TPSA) is 64.1 Å². The number of hydrogen-bond donors (Lipinski definition) is 1. The van der Waals surface area contributed by atoms with E-state index in [-0.39, 0.29) is 23.8 Å². The van der Waals surface area contributed by atoms with Gasteiger partial charge >= 0.3 is 6.01 Å². The molecular formula is C23H22FN3O2. The second kappa shape index (κ2) is 8.82. The fourth-order valence-electron chi connectivity index (χ4n) is 3.46. The first-order valence-corrected chi connectivity index (χ1v) is 9.84. The normalized spacial score (nSPS) is 14.4. The Kier molecular flexibility index (Phi) is 5.79. The zero-order chi connectivity index (χ0) is 20.1. The smallest absolute Gasteiger partial charge is 0.321 e. The quantitative estimate of drug-likeness (QED) is 0.654. The van der Waals surface area contributed by atoms with Crippen LogP contribution in [0.3, 0.4) is 0 Å². The van der Waals surface area contributed by atoms with Crippen molar-refractivity contribution in [2.45, 2.75) is 38.1 Å². The lowest BCUT2D eigenvalue weighted by Crippen LogP contribution is -2.36. The van der Waals surface area contributed by atoms with Crippen molar-refractivity contribution in [2.75, 3.05) is 0 Å². The van der Waals surface area contributed by atoms with Crippen LogP contribution in [0.1, 0.15) is 42.5 Å². The van der Waals surface area contributed by atoms with Crippen molar-refractivity contribution >= 4 is 5.91 Å². The Balaban J connectivity index is 1.39. The summed E-state index contributed by atoms with van der Waals surface area (Å²) in [5.41, 5.74) is 2.37. The molecule has 6 heteroatoms. The van der Waals surface area contributed by atoms with Gasteiger partial charge in [-0.15, -0.1) is 0 Å². The maximum Gasteiger partial charge on any atom is 0.321 e. The third-order valence-corrected chi connectivity index (χ3v) is 5.07. The Hall–Kier alpha value is -3.28. The highest BCUT2D eigenvalue weighted by Gasteiger charge is 2.16. The Morgan fingerprint density at radius 1 is 0.897 bits per heavy atom. The van der Waals surface area contributed by atoms with Crippen LogP contribution in [0.5, 0.6) is 11.8 Å². The Bertz CT molecular complexity index is 951. The molecule has 0 saturated heterocycles. The molecule has 1 N–H and O–H groups in total. The number of aromatic nitrogens is 2. The SMILES string of the molecule is O=C(NC1CCCCC1)c1ccc(-c2cnc(Oc3ccc(F)cc3)nc2)cc1. The van der Waals surface area contributed by atoms with Crippen molar-refractivity contribution in [2.24, 2.45) is 0 Å². The van der Waals surface area contributed by atoms with Gasteiger partial charge in [-0.3, -0.25) is 4.79 Å². The molecule has 1 amide bonds. The summed E-state index contributed by atoms with van der Waals surface area (Å²) in [4.78, 5) is 20.8. The van der Waals surface area contributed by atoms with E-state index < -0.39 is 0 Å². The number of nitrogens with one attached hydrogen (secondary N) is 1. The molecule has 1 fully saturated rings. The van der Waals surface area contributed by atoms with Crippen molar-refractivity contribution in [1.82, 2.24) is 15.3 Å². The molecular weight excluding hydrogens is 369 g/mol. The number of carbonyl (C=O) groups is 1. The lowest BCUT2D eigenvalue weighted by atomic mass is 9.95. The van der Waals surface area contributed by atoms with Gasteiger partial charge in [-0.25, -0.2) is 14.4 Å². The van der Waals surface area contributed by atoms with Gasteiger partial charge in [0.05, 0.1) is 0 Å². The maximum absolute atomic E-state index is 12.9. The van der Waals surface area contributed by atoms with E-state index in [2.05, 4.69) is 15.3 Å². The number of amides is 1.